The van der Waals surface area contributed by atoms with Crippen LogP contribution in [0.25, 0.3) is 0 Å². The van der Waals surface area contributed by atoms with Crippen molar-refractivity contribution in [1.82, 2.24) is 5.32 Å². The zero-order chi connectivity index (χ0) is 15.6. The minimum Gasteiger partial charge on any atom is -0.389 e. The maximum atomic E-state index is 12.0. The molecule has 0 unspecified atom stereocenters. The summed E-state index contributed by atoms with van der Waals surface area (Å²) < 4.78 is 0. The summed E-state index contributed by atoms with van der Waals surface area (Å²) >= 11 is 0. The Balaban J connectivity index is 1.56. The van der Waals surface area contributed by atoms with Gasteiger partial charge in [-0.3, -0.25) is 4.79 Å². The summed E-state index contributed by atoms with van der Waals surface area (Å²) in [5, 5.41) is 13.2. The number of nitrogens with zero attached hydrogens (tertiary/aromatic N) is 1. The number of aryl methyl sites for hydroxylation is 1. The number of hydrogen-bond donors (Lipinski definition) is 2. The van der Waals surface area contributed by atoms with Gasteiger partial charge in [0.05, 0.1) is 12.0 Å². The van der Waals surface area contributed by atoms with Gasteiger partial charge < -0.3 is 15.3 Å². The molecule has 4 nitrogen and oxygen atoms in total. The third-order valence-corrected chi connectivity index (χ3v) is 5.01. The normalized spacial score (nSPS) is 19.8. The van der Waals surface area contributed by atoms with Crippen LogP contribution in [0.15, 0.2) is 18.2 Å². The van der Waals surface area contributed by atoms with Gasteiger partial charge in [-0.05, 0) is 42.9 Å². The Labute approximate surface area is 132 Å². The largest absolute Gasteiger partial charge is 0.389 e. The van der Waals surface area contributed by atoms with Crippen LogP contribution in [0.4, 0.5) is 5.69 Å². The lowest BCUT2D eigenvalue weighted by atomic mass is 9.97. The number of aliphatic hydroxyl groups is 1. The lowest BCUT2D eigenvalue weighted by Gasteiger charge is -2.28. The zero-order valence-corrected chi connectivity index (χ0v) is 13.4. The van der Waals surface area contributed by atoms with Crippen molar-refractivity contribution in [3.8, 4) is 0 Å². The van der Waals surface area contributed by atoms with Crippen molar-refractivity contribution in [2.24, 2.45) is 0 Å². The third kappa shape index (κ3) is 3.43. The van der Waals surface area contributed by atoms with Crippen LogP contribution in [-0.4, -0.2) is 30.2 Å². The maximum Gasteiger partial charge on any atom is 0.223 e. The number of hydrogen-bond acceptors (Lipinski definition) is 3. The summed E-state index contributed by atoms with van der Waals surface area (Å²) in [6.07, 6.45) is 6.11. The number of nitrogens with one attached hydrogen (secondary N) is 1. The average molecular weight is 302 g/mol. The van der Waals surface area contributed by atoms with E-state index in [0.717, 1.165) is 44.2 Å². The Morgan fingerprint density at radius 1 is 1.32 bits per heavy atom. The van der Waals surface area contributed by atoms with Gasteiger partial charge in [0.15, 0.2) is 0 Å². The van der Waals surface area contributed by atoms with Crippen molar-refractivity contribution >= 4 is 11.6 Å². The molecule has 0 radical (unpaired) electrons. The van der Waals surface area contributed by atoms with Crippen LogP contribution in [0, 0.1) is 0 Å². The molecule has 0 spiro atoms. The predicted molar refractivity (Wildman–Crippen MR) is 87.9 cm³/mol. The molecule has 120 valence electrons. The molecule has 2 N–H and O–H groups in total. The highest BCUT2D eigenvalue weighted by atomic mass is 16.3. The topological polar surface area (TPSA) is 52.6 Å². The second-order valence-electron chi connectivity index (χ2n) is 6.87. The Morgan fingerprint density at radius 2 is 2.09 bits per heavy atom. The van der Waals surface area contributed by atoms with Crippen LogP contribution >= 0.6 is 0 Å². The van der Waals surface area contributed by atoms with Gasteiger partial charge in [0.1, 0.15) is 0 Å². The number of amides is 1. The zero-order valence-electron chi connectivity index (χ0n) is 13.4. The highest BCUT2D eigenvalue weighted by molar-refractivity contribution is 5.77. The molecular formula is C18H26N2O2. The van der Waals surface area contributed by atoms with E-state index in [1.165, 1.54) is 17.7 Å². The smallest absolute Gasteiger partial charge is 0.223 e. The van der Waals surface area contributed by atoms with Gasteiger partial charge >= 0.3 is 0 Å². The van der Waals surface area contributed by atoms with E-state index in [1.807, 2.05) is 0 Å². The Morgan fingerprint density at radius 3 is 2.86 bits per heavy atom. The molecule has 1 heterocycles. The Kier molecular flexibility index (Phi) is 4.39. The second kappa shape index (κ2) is 6.29. The molecule has 1 saturated carbocycles. The van der Waals surface area contributed by atoms with Crippen LogP contribution < -0.4 is 10.2 Å². The molecule has 22 heavy (non-hydrogen) atoms. The SMILES string of the molecule is CN1CCCc2cc(CNC(=O)CC3(O)CCCC3)ccc21. The molecular weight excluding hydrogens is 276 g/mol. The highest BCUT2D eigenvalue weighted by Gasteiger charge is 2.33. The van der Waals surface area contributed by atoms with E-state index in [0.29, 0.717) is 6.54 Å². The first kappa shape index (κ1) is 15.3. The van der Waals surface area contributed by atoms with Gasteiger partial charge in [-0.15, -0.1) is 0 Å². The first-order valence-corrected chi connectivity index (χ1v) is 8.38. The van der Waals surface area contributed by atoms with E-state index in [-0.39, 0.29) is 12.3 Å². The van der Waals surface area contributed by atoms with Crippen molar-refractivity contribution in [3.63, 3.8) is 0 Å². The number of rotatable bonds is 4. The van der Waals surface area contributed by atoms with Gasteiger partial charge in [-0.2, -0.15) is 0 Å². The predicted octanol–water partition coefficient (Wildman–Crippen LogP) is 2.38. The molecule has 2 aliphatic rings. The minimum atomic E-state index is -0.761. The molecule has 3 rings (SSSR count). The van der Waals surface area contributed by atoms with Gasteiger partial charge in [0, 0.05) is 25.8 Å². The van der Waals surface area contributed by atoms with Crippen LogP contribution in [0.5, 0.6) is 0 Å². The molecule has 1 aromatic rings. The van der Waals surface area contributed by atoms with Crippen LogP contribution in [0.2, 0.25) is 0 Å². The molecule has 0 aromatic heterocycles. The first-order chi connectivity index (χ1) is 10.6. The van der Waals surface area contributed by atoms with E-state index >= 15 is 0 Å². The molecule has 1 aliphatic carbocycles. The van der Waals surface area contributed by atoms with E-state index in [9.17, 15) is 9.90 Å². The lowest BCUT2D eigenvalue weighted by molar-refractivity contribution is -0.126. The summed E-state index contributed by atoms with van der Waals surface area (Å²) in [5.41, 5.74) is 3.06. The molecule has 0 atom stereocenters. The Bertz CT molecular complexity index is 550. The minimum absolute atomic E-state index is 0.0424. The monoisotopic (exact) mass is 302 g/mol. The quantitative estimate of drug-likeness (QED) is 0.898. The fourth-order valence-electron chi connectivity index (χ4n) is 3.72. The molecule has 1 aliphatic heterocycles. The summed E-state index contributed by atoms with van der Waals surface area (Å²) in [7, 11) is 2.13. The number of carbonyl (C=O) groups is 1. The van der Waals surface area contributed by atoms with Crippen molar-refractivity contribution < 1.29 is 9.90 Å². The van der Waals surface area contributed by atoms with Crippen LogP contribution in [0.1, 0.15) is 49.7 Å². The maximum absolute atomic E-state index is 12.0. The van der Waals surface area contributed by atoms with E-state index in [1.54, 1.807) is 0 Å². The molecule has 1 amide bonds. The van der Waals surface area contributed by atoms with Crippen molar-refractivity contribution in [2.75, 3.05) is 18.5 Å². The number of fused-ring (bicyclic) bond motifs is 1. The highest BCUT2D eigenvalue weighted by Crippen LogP contribution is 2.32. The van der Waals surface area contributed by atoms with Crippen molar-refractivity contribution in [3.05, 3.63) is 29.3 Å². The van der Waals surface area contributed by atoms with E-state index < -0.39 is 5.60 Å². The summed E-state index contributed by atoms with van der Waals surface area (Å²) in [6.45, 7) is 1.66. The van der Waals surface area contributed by atoms with E-state index in [2.05, 4.69) is 35.5 Å². The molecule has 1 aromatic carbocycles. The molecule has 4 heteroatoms. The molecule has 0 saturated heterocycles. The average Bonchev–Trinajstić information content (AvgIpc) is 2.91. The number of carbonyl (C=O) groups excluding carboxylic acids is 1. The third-order valence-electron chi connectivity index (χ3n) is 5.01. The summed E-state index contributed by atoms with van der Waals surface area (Å²) in [5.74, 6) is -0.0424. The summed E-state index contributed by atoms with van der Waals surface area (Å²) in [6, 6.07) is 6.45. The van der Waals surface area contributed by atoms with Crippen molar-refractivity contribution in [1.29, 1.82) is 0 Å². The lowest BCUT2D eigenvalue weighted by Crippen LogP contribution is -2.34. The van der Waals surface area contributed by atoms with Gasteiger partial charge in [-0.1, -0.05) is 25.0 Å². The molecule has 1 fully saturated rings. The van der Waals surface area contributed by atoms with Gasteiger partial charge in [0.2, 0.25) is 5.91 Å². The number of benzene rings is 1. The first-order valence-electron chi connectivity index (χ1n) is 8.38. The van der Waals surface area contributed by atoms with Crippen LogP contribution in [-0.2, 0) is 17.8 Å². The fraction of sp³-hybridized carbons (Fsp3) is 0.611. The van der Waals surface area contributed by atoms with E-state index in [4.69, 9.17) is 0 Å². The summed E-state index contributed by atoms with van der Waals surface area (Å²) in [4.78, 5) is 14.3. The molecule has 0 bridgehead atoms. The van der Waals surface area contributed by atoms with Gasteiger partial charge in [0.25, 0.3) is 0 Å². The fourth-order valence-corrected chi connectivity index (χ4v) is 3.72. The second-order valence-corrected chi connectivity index (χ2v) is 6.87. The Hall–Kier alpha value is -1.55. The van der Waals surface area contributed by atoms with Crippen molar-refractivity contribution in [2.45, 2.75) is 57.1 Å². The standard InChI is InChI=1S/C18H26N2O2/c1-20-10-4-5-15-11-14(6-7-16(15)20)13-19-17(21)12-18(22)8-2-3-9-18/h6-7,11,22H,2-5,8-10,12-13H2,1H3,(H,19,21). The van der Waals surface area contributed by atoms with Crippen LogP contribution in [0.3, 0.4) is 0 Å². The van der Waals surface area contributed by atoms with Gasteiger partial charge in [-0.25, -0.2) is 0 Å². The number of anilines is 1.